The van der Waals surface area contributed by atoms with E-state index in [2.05, 4.69) is 31.0 Å². The fourth-order valence-electron chi connectivity index (χ4n) is 1.54. The minimum Gasteiger partial charge on any atom is -0.298 e. The summed E-state index contributed by atoms with van der Waals surface area (Å²) in [4.78, 5) is 10.8. The van der Waals surface area contributed by atoms with Gasteiger partial charge in [-0.1, -0.05) is 20.8 Å². The molecular weight excluding hydrogens is 190 g/mol. The lowest BCUT2D eigenvalue weighted by Crippen LogP contribution is -2.15. The van der Waals surface area contributed by atoms with Crippen LogP contribution in [0.2, 0.25) is 0 Å². The van der Waals surface area contributed by atoms with Crippen LogP contribution in [0.1, 0.15) is 37.0 Å². The number of hydrogen-bond acceptors (Lipinski definition) is 3. The summed E-state index contributed by atoms with van der Waals surface area (Å²) in [7, 11) is 0. The van der Waals surface area contributed by atoms with Crippen molar-refractivity contribution in [3.8, 4) is 0 Å². The van der Waals surface area contributed by atoms with Crippen LogP contribution in [0.25, 0.3) is 5.65 Å². The molecule has 0 aromatic carbocycles. The molecule has 0 aliphatic heterocycles. The highest BCUT2D eigenvalue weighted by molar-refractivity contribution is 5.83. The number of carbonyl (C=O) groups excluding carboxylic acids is 1. The highest BCUT2D eigenvalue weighted by Crippen LogP contribution is 2.21. The van der Waals surface area contributed by atoms with E-state index in [0.29, 0.717) is 11.2 Å². The van der Waals surface area contributed by atoms with Crippen LogP contribution in [0.4, 0.5) is 0 Å². The summed E-state index contributed by atoms with van der Waals surface area (Å²) in [6, 6.07) is 3.57. The van der Waals surface area contributed by atoms with Gasteiger partial charge in [-0.15, -0.1) is 10.2 Å². The van der Waals surface area contributed by atoms with Crippen LogP contribution in [-0.4, -0.2) is 20.9 Å². The maximum Gasteiger partial charge on any atom is 0.171 e. The molecule has 0 N–H and O–H groups in total. The molecule has 0 bridgehead atoms. The van der Waals surface area contributed by atoms with E-state index in [0.717, 1.165) is 12.1 Å². The maximum absolute atomic E-state index is 10.8. The Morgan fingerprint density at radius 2 is 2.07 bits per heavy atom. The largest absolute Gasteiger partial charge is 0.298 e. The van der Waals surface area contributed by atoms with Crippen molar-refractivity contribution in [3.05, 3.63) is 29.7 Å². The first-order valence-corrected chi connectivity index (χ1v) is 4.83. The Bertz CT molecular complexity index is 508. The van der Waals surface area contributed by atoms with Crippen LogP contribution < -0.4 is 0 Å². The van der Waals surface area contributed by atoms with Crippen LogP contribution >= 0.6 is 0 Å². The second kappa shape index (κ2) is 3.15. The van der Waals surface area contributed by atoms with E-state index in [9.17, 15) is 4.79 Å². The predicted octanol–water partition coefficient (Wildman–Crippen LogP) is 1.84. The normalized spacial score (nSPS) is 11.9. The number of hydrogen-bond donors (Lipinski definition) is 0. The third kappa shape index (κ3) is 1.52. The van der Waals surface area contributed by atoms with Crippen molar-refractivity contribution in [2.24, 2.45) is 0 Å². The number of rotatable bonds is 1. The highest BCUT2D eigenvalue weighted by Gasteiger charge is 2.21. The molecular formula is C11H13N3O. The van der Waals surface area contributed by atoms with Gasteiger partial charge in [0.05, 0.1) is 5.56 Å². The average molecular weight is 203 g/mol. The molecule has 0 aliphatic carbocycles. The second-order valence-corrected chi connectivity index (χ2v) is 4.55. The molecule has 0 fully saturated rings. The third-order valence-electron chi connectivity index (χ3n) is 2.26. The summed E-state index contributed by atoms with van der Waals surface area (Å²) >= 11 is 0. The quantitative estimate of drug-likeness (QED) is 0.664. The number of nitrogens with zero attached hydrogens (tertiary/aromatic N) is 3. The van der Waals surface area contributed by atoms with Gasteiger partial charge in [-0.3, -0.25) is 9.20 Å². The maximum atomic E-state index is 10.8. The summed E-state index contributed by atoms with van der Waals surface area (Å²) in [6.45, 7) is 6.20. The van der Waals surface area contributed by atoms with Crippen molar-refractivity contribution < 1.29 is 4.79 Å². The molecule has 0 spiro atoms. The Kier molecular flexibility index (Phi) is 2.07. The summed E-state index contributed by atoms with van der Waals surface area (Å²) in [5, 5.41) is 8.17. The zero-order valence-electron chi connectivity index (χ0n) is 9.06. The van der Waals surface area contributed by atoms with Crippen LogP contribution in [0, 0.1) is 0 Å². The Morgan fingerprint density at radius 1 is 1.33 bits per heavy atom. The molecule has 0 atom stereocenters. The van der Waals surface area contributed by atoms with E-state index in [1.165, 1.54) is 0 Å². The molecule has 2 rings (SSSR count). The summed E-state index contributed by atoms with van der Waals surface area (Å²) in [5.74, 6) is 0.862. The molecule has 0 saturated carbocycles. The zero-order valence-corrected chi connectivity index (χ0v) is 9.06. The zero-order chi connectivity index (χ0) is 11.1. The molecule has 78 valence electrons. The SMILES string of the molecule is CC(C)(C)c1nnc2c(C=O)cccn12. The molecule has 4 nitrogen and oxygen atoms in total. The monoisotopic (exact) mass is 203 g/mol. The summed E-state index contributed by atoms with van der Waals surface area (Å²) in [5.41, 5.74) is 1.11. The molecule has 2 aromatic rings. The van der Waals surface area contributed by atoms with Crippen LogP contribution in [0.3, 0.4) is 0 Å². The number of pyridine rings is 1. The molecule has 0 aliphatic rings. The van der Waals surface area contributed by atoms with Crippen molar-refractivity contribution in [3.63, 3.8) is 0 Å². The Labute approximate surface area is 87.9 Å². The van der Waals surface area contributed by atoms with Gasteiger partial charge in [0, 0.05) is 11.6 Å². The molecule has 2 aromatic heterocycles. The van der Waals surface area contributed by atoms with Crippen molar-refractivity contribution in [1.29, 1.82) is 0 Å². The minimum atomic E-state index is -0.0824. The lowest BCUT2D eigenvalue weighted by atomic mass is 9.96. The second-order valence-electron chi connectivity index (χ2n) is 4.55. The van der Waals surface area contributed by atoms with Gasteiger partial charge in [-0.2, -0.15) is 0 Å². The Hall–Kier alpha value is -1.71. The van der Waals surface area contributed by atoms with E-state index in [1.54, 1.807) is 6.07 Å². The minimum absolute atomic E-state index is 0.0824. The van der Waals surface area contributed by atoms with E-state index >= 15 is 0 Å². The first-order valence-electron chi connectivity index (χ1n) is 4.83. The molecule has 0 unspecified atom stereocenters. The number of aromatic nitrogens is 3. The van der Waals surface area contributed by atoms with Crippen molar-refractivity contribution in [1.82, 2.24) is 14.6 Å². The molecule has 15 heavy (non-hydrogen) atoms. The van der Waals surface area contributed by atoms with Gasteiger partial charge in [0.15, 0.2) is 11.9 Å². The van der Waals surface area contributed by atoms with Gasteiger partial charge < -0.3 is 0 Å². The summed E-state index contributed by atoms with van der Waals surface area (Å²) in [6.07, 6.45) is 2.68. The highest BCUT2D eigenvalue weighted by atomic mass is 16.1. The smallest absolute Gasteiger partial charge is 0.171 e. The van der Waals surface area contributed by atoms with E-state index in [-0.39, 0.29) is 5.41 Å². The molecule has 0 radical (unpaired) electrons. The van der Waals surface area contributed by atoms with Crippen molar-refractivity contribution in [2.75, 3.05) is 0 Å². The average Bonchev–Trinajstić information content (AvgIpc) is 2.59. The standard InChI is InChI=1S/C11H13N3O/c1-11(2,3)10-13-12-9-8(7-15)5-4-6-14(9)10/h4-7H,1-3H3. The third-order valence-corrected chi connectivity index (χ3v) is 2.26. The van der Waals surface area contributed by atoms with Gasteiger partial charge in [0.1, 0.15) is 5.82 Å². The van der Waals surface area contributed by atoms with E-state index in [1.807, 2.05) is 16.7 Å². The molecule has 0 amide bonds. The molecule has 2 heterocycles. The van der Waals surface area contributed by atoms with E-state index < -0.39 is 0 Å². The Balaban J connectivity index is 2.77. The van der Waals surface area contributed by atoms with Crippen LogP contribution in [-0.2, 0) is 5.41 Å². The lowest BCUT2D eigenvalue weighted by Gasteiger charge is -2.15. The number of carbonyl (C=O) groups is 1. The van der Waals surface area contributed by atoms with Gasteiger partial charge in [-0.05, 0) is 12.1 Å². The predicted molar refractivity (Wildman–Crippen MR) is 57.1 cm³/mol. The lowest BCUT2D eigenvalue weighted by molar-refractivity contribution is 0.112. The van der Waals surface area contributed by atoms with Crippen molar-refractivity contribution in [2.45, 2.75) is 26.2 Å². The number of aldehydes is 1. The van der Waals surface area contributed by atoms with Gasteiger partial charge in [-0.25, -0.2) is 0 Å². The molecule has 0 saturated heterocycles. The van der Waals surface area contributed by atoms with Gasteiger partial charge >= 0.3 is 0 Å². The van der Waals surface area contributed by atoms with Crippen LogP contribution in [0.15, 0.2) is 18.3 Å². The van der Waals surface area contributed by atoms with Crippen molar-refractivity contribution >= 4 is 11.9 Å². The number of fused-ring (bicyclic) bond motifs is 1. The first-order chi connectivity index (χ1) is 7.04. The topological polar surface area (TPSA) is 47.3 Å². The first kappa shape index (κ1) is 9.83. The molecule has 4 heteroatoms. The summed E-state index contributed by atoms with van der Waals surface area (Å²) < 4.78 is 1.86. The fourth-order valence-corrected chi connectivity index (χ4v) is 1.54. The van der Waals surface area contributed by atoms with Gasteiger partial charge in [0.25, 0.3) is 0 Å². The fraction of sp³-hybridized carbons (Fsp3) is 0.364. The van der Waals surface area contributed by atoms with Gasteiger partial charge in [0.2, 0.25) is 0 Å². The van der Waals surface area contributed by atoms with Crippen LogP contribution in [0.5, 0.6) is 0 Å². The van der Waals surface area contributed by atoms with E-state index in [4.69, 9.17) is 0 Å². The Morgan fingerprint density at radius 3 is 2.67 bits per heavy atom.